The Bertz CT molecular complexity index is 723. The zero-order valence-electron chi connectivity index (χ0n) is 15.6. The van der Waals surface area contributed by atoms with E-state index in [1.165, 1.54) is 19.9 Å². The van der Waals surface area contributed by atoms with E-state index in [2.05, 4.69) is 5.32 Å². The van der Waals surface area contributed by atoms with Gasteiger partial charge in [-0.05, 0) is 31.9 Å². The van der Waals surface area contributed by atoms with Crippen LogP contribution in [0, 0.1) is 0 Å². The molecule has 1 unspecified atom stereocenters. The second-order valence-corrected chi connectivity index (χ2v) is 6.32. The number of fused-ring (bicyclic) bond motifs is 1. The van der Waals surface area contributed by atoms with Crippen LogP contribution in [0.15, 0.2) is 18.2 Å². The number of nitrogens with one attached hydrogen (secondary N) is 1. The van der Waals surface area contributed by atoms with Crippen LogP contribution >= 0.6 is 0 Å². The molecule has 1 aromatic carbocycles. The minimum atomic E-state index is -1.31. The summed E-state index contributed by atoms with van der Waals surface area (Å²) in [5.74, 6) is -1.56. The van der Waals surface area contributed by atoms with Crippen molar-refractivity contribution in [3.8, 4) is 5.75 Å². The van der Waals surface area contributed by atoms with E-state index in [4.69, 9.17) is 18.9 Å². The standard InChI is InChI=1S/C17H22BNO8/c1-9(2)24-17(22)26-11(4)25-16(21)13-7-5-6-12-8-14(19-10(3)20)18(23)27-15(12)13/h5-7,9,11,14,23H,8H2,1-4H3,(H,19,20)/t11?,14-/m0/s1. The second-order valence-electron chi connectivity index (χ2n) is 6.32. The summed E-state index contributed by atoms with van der Waals surface area (Å²) in [6.07, 6.45) is -2.22. The van der Waals surface area contributed by atoms with Gasteiger partial charge in [0.05, 0.1) is 12.0 Å². The molecule has 2 atom stereocenters. The number of hydrogen-bond acceptors (Lipinski definition) is 8. The summed E-state index contributed by atoms with van der Waals surface area (Å²) in [5, 5.41) is 12.7. The van der Waals surface area contributed by atoms with Gasteiger partial charge in [0.25, 0.3) is 0 Å². The number of carbonyl (C=O) groups is 3. The van der Waals surface area contributed by atoms with E-state index in [0.717, 1.165) is 0 Å². The number of ether oxygens (including phenoxy) is 3. The highest BCUT2D eigenvalue weighted by molar-refractivity contribution is 6.47. The molecule has 1 aliphatic heterocycles. The Hall–Kier alpha value is -2.75. The third-order valence-electron chi connectivity index (χ3n) is 3.59. The Labute approximate surface area is 157 Å². The van der Waals surface area contributed by atoms with Gasteiger partial charge in [-0.25, -0.2) is 9.59 Å². The Balaban J connectivity index is 2.08. The lowest BCUT2D eigenvalue weighted by Gasteiger charge is -2.29. The molecule has 1 aliphatic rings. The van der Waals surface area contributed by atoms with Crippen molar-refractivity contribution < 1.29 is 38.3 Å². The molecule has 146 valence electrons. The summed E-state index contributed by atoms with van der Waals surface area (Å²) < 4.78 is 20.2. The molecule has 0 aliphatic carbocycles. The summed E-state index contributed by atoms with van der Waals surface area (Å²) >= 11 is 0. The fraction of sp³-hybridized carbons (Fsp3) is 0.471. The average molecular weight is 379 g/mol. The average Bonchev–Trinajstić information content (AvgIpc) is 2.53. The maximum Gasteiger partial charge on any atom is 0.547 e. The lowest BCUT2D eigenvalue weighted by Crippen LogP contribution is -2.52. The maximum atomic E-state index is 12.4. The van der Waals surface area contributed by atoms with Gasteiger partial charge < -0.3 is 29.2 Å². The van der Waals surface area contributed by atoms with Gasteiger partial charge in [0.2, 0.25) is 12.2 Å². The highest BCUT2D eigenvalue weighted by atomic mass is 16.8. The van der Waals surface area contributed by atoms with Crippen LogP contribution in [-0.2, 0) is 25.4 Å². The third-order valence-corrected chi connectivity index (χ3v) is 3.59. The van der Waals surface area contributed by atoms with E-state index >= 15 is 0 Å². The van der Waals surface area contributed by atoms with Gasteiger partial charge >= 0.3 is 19.2 Å². The molecule has 1 heterocycles. The largest absolute Gasteiger partial charge is 0.547 e. The van der Waals surface area contributed by atoms with Crippen molar-refractivity contribution in [2.24, 2.45) is 0 Å². The zero-order chi connectivity index (χ0) is 20.1. The van der Waals surface area contributed by atoms with Gasteiger partial charge in [0.15, 0.2) is 0 Å². The van der Waals surface area contributed by atoms with Crippen LogP contribution in [0.2, 0.25) is 0 Å². The number of hydrogen-bond donors (Lipinski definition) is 2. The molecular weight excluding hydrogens is 357 g/mol. The number of para-hydroxylation sites is 1. The molecule has 1 aromatic rings. The number of rotatable bonds is 5. The molecule has 2 rings (SSSR count). The van der Waals surface area contributed by atoms with E-state index < -0.39 is 31.5 Å². The van der Waals surface area contributed by atoms with E-state index in [1.54, 1.807) is 26.0 Å². The molecule has 0 saturated heterocycles. The van der Waals surface area contributed by atoms with Crippen molar-refractivity contribution in [2.75, 3.05) is 0 Å². The SMILES string of the molecule is CC(=O)N[C@H]1Cc2cccc(C(=O)OC(C)OC(=O)OC(C)C)c2OB1O. The van der Waals surface area contributed by atoms with Gasteiger partial charge in [-0.15, -0.1) is 0 Å². The van der Waals surface area contributed by atoms with Crippen molar-refractivity contribution in [3.05, 3.63) is 29.3 Å². The fourth-order valence-electron chi connectivity index (χ4n) is 2.56. The first-order valence-electron chi connectivity index (χ1n) is 8.49. The van der Waals surface area contributed by atoms with Crippen molar-refractivity contribution in [1.82, 2.24) is 5.32 Å². The Morgan fingerprint density at radius 3 is 2.56 bits per heavy atom. The van der Waals surface area contributed by atoms with Crippen LogP contribution in [0.3, 0.4) is 0 Å². The fourth-order valence-corrected chi connectivity index (χ4v) is 2.56. The van der Waals surface area contributed by atoms with Crippen molar-refractivity contribution >= 4 is 25.2 Å². The van der Waals surface area contributed by atoms with Crippen LogP contribution in [0.4, 0.5) is 4.79 Å². The predicted molar refractivity (Wildman–Crippen MR) is 93.9 cm³/mol. The van der Waals surface area contributed by atoms with Gasteiger partial charge in [-0.2, -0.15) is 0 Å². The molecule has 0 aromatic heterocycles. The summed E-state index contributed by atoms with van der Waals surface area (Å²) in [4.78, 5) is 35.1. The minimum Gasteiger partial charge on any atom is -0.534 e. The summed E-state index contributed by atoms with van der Waals surface area (Å²) in [6, 6.07) is 4.80. The number of esters is 1. The predicted octanol–water partition coefficient (Wildman–Crippen LogP) is 1.21. The Kier molecular flexibility index (Phi) is 6.67. The quantitative estimate of drug-likeness (QED) is 0.445. The molecule has 9 nitrogen and oxygen atoms in total. The number of amides is 1. The molecule has 10 heteroatoms. The second kappa shape index (κ2) is 8.76. The first kappa shape index (κ1) is 20.6. The topological polar surface area (TPSA) is 120 Å². The molecule has 2 N–H and O–H groups in total. The molecule has 0 fully saturated rings. The van der Waals surface area contributed by atoms with Crippen molar-refractivity contribution in [1.29, 1.82) is 0 Å². The normalized spacial score (nSPS) is 16.7. The van der Waals surface area contributed by atoms with E-state index in [9.17, 15) is 19.4 Å². The Morgan fingerprint density at radius 2 is 1.93 bits per heavy atom. The van der Waals surface area contributed by atoms with E-state index in [0.29, 0.717) is 5.56 Å². The zero-order valence-corrected chi connectivity index (χ0v) is 15.6. The van der Waals surface area contributed by atoms with Crippen LogP contribution in [-0.4, -0.2) is 48.5 Å². The van der Waals surface area contributed by atoms with E-state index in [-0.39, 0.29) is 29.7 Å². The lowest BCUT2D eigenvalue weighted by atomic mass is 9.72. The Morgan fingerprint density at radius 1 is 1.22 bits per heavy atom. The van der Waals surface area contributed by atoms with Crippen LogP contribution in [0.5, 0.6) is 5.75 Å². The lowest BCUT2D eigenvalue weighted by molar-refractivity contribution is -0.119. The molecular formula is C17H22BNO8. The number of benzene rings is 1. The number of carbonyl (C=O) groups excluding carboxylic acids is 3. The van der Waals surface area contributed by atoms with Gasteiger partial charge in [-0.3, -0.25) is 4.79 Å². The summed E-state index contributed by atoms with van der Waals surface area (Å²) in [6.45, 7) is 6.02. The van der Waals surface area contributed by atoms with Crippen molar-refractivity contribution in [3.63, 3.8) is 0 Å². The molecule has 1 amide bonds. The van der Waals surface area contributed by atoms with Crippen LogP contribution in [0.25, 0.3) is 0 Å². The van der Waals surface area contributed by atoms with Crippen LogP contribution < -0.4 is 9.97 Å². The molecule has 0 radical (unpaired) electrons. The molecule has 27 heavy (non-hydrogen) atoms. The first-order valence-corrected chi connectivity index (χ1v) is 8.49. The minimum absolute atomic E-state index is 0.0699. The van der Waals surface area contributed by atoms with Gasteiger partial charge in [0.1, 0.15) is 11.3 Å². The van der Waals surface area contributed by atoms with Crippen LogP contribution in [0.1, 0.15) is 43.6 Å². The molecule has 0 spiro atoms. The van der Waals surface area contributed by atoms with Gasteiger partial charge in [0, 0.05) is 13.8 Å². The first-order chi connectivity index (χ1) is 12.7. The smallest absolute Gasteiger partial charge is 0.534 e. The summed E-state index contributed by atoms with van der Waals surface area (Å²) in [7, 11) is -1.31. The van der Waals surface area contributed by atoms with Crippen molar-refractivity contribution in [2.45, 2.75) is 52.5 Å². The van der Waals surface area contributed by atoms with Gasteiger partial charge in [-0.1, -0.05) is 12.1 Å². The highest BCUT2D eigenvalue weighted by Gasteiger charge is 2.37. The van der Waals surface area contributed by atoms with E-state index in [1.807, 2.05) is 0 Å². The molecule has 0 saturated carbocycles. The monoisotopic (exact) mass is 379 g/mol. The summed E-state index contributed by atoms with van der Waals surface area (Å²) in [5.41, 5.74) is 0.696. The highest BCUT2D eigenvalue weighted by Crippen LogP contribution is 2.30. The maximum absolute atomic E-state index is 12.4. The molecule has 0 bridgehead atoms. The third kappa shape index (κ3) is 5.62.